The molecule has 84 valence electrons. The first-order valence-electron chi connectivity index (χ1n) is 4.73. The molecule has 0 aliphatic heterocycles. The van der Waals surface area contributed by atoms with Crippen LogP contribution in [0, 0.1) is 0 Å². The normalized spacial score (nSPS) is 10.3. The van der Waals surface area contributed by atoms with Crippen LogP contribution in [0.25, 0.3) is 0 Å². The molecular formula is C11H13N3OS. The molecule has 0 atom stereocenters. The molecule has 4 nitrogen and oxygen atoms in total. The Labute approximate surface area is 99.6 Å². The van der Waals surface area contributed by atoms with Crippen molar-refractivity contribution < 1.29 is 4.79 Å². The van der Waals surface area contributed by atoms with Crippen molar-refractivity contribution in [2.45, 2.75) is 6.92 Å². The van der Waals surface area contributed by atoms with Gasteiger partial charge >= 0.3 is 0 Å². The topological polar surface area (TPSA) is 67.5 Å². The van der Waals surface area contributed by atoms with Crippen LogP contribution in [0.4, 0.5) is 5.69 Å². The van der Waals surface area contributed by atoms with E-state index in [1.165, 1.54) is 6.92 Å². The van der Waals surface area contributed by atoms with Crippen LogP contribution in [0.2, 0.25) is 0 Å². The van der Waals surface area contributed by atoms with Gasteiger partial charge in [0.25, 0.3) is 0 Å². The molecule has 0 fully saturated rings. The van der Waals surface area contributed by atoms with Gasteiger partial charge in [0, 0.05) is 18.8 Å². The van der Waals surface area contributed by atoms with E-state index in [4.69, 9.17) is 18.0 Å². The SMILES string of the molecule is CC(=O)Nc1ccc(C=NCC(N)=S)cc1. The Morgan fingerprint density at radius 2 is 2.12 bits per heavy atom. The maximum Gasteiger partial charge on any atom is 0.221 e. The van der Waals surface area contributed by atoms with E-state index < -0.39 is 0 Å². The summed E-state index contributed by atoms with van der Waals surface area (Å²) in [5.74, 6) is -0.0881. The number of aliphatic imine (C=N–C) groups is 1. The van der Waals surface area contributed by atoms with Gasteiger partial charge in [-0.05, 0) is 17.7 Å². The summed E-state index contributed by atoms with van der Waals surface area (Å²) in [7, 11) is 0. The van der Waals surface area contributed by atoms with E-state index in [1.807, 2.05) is 24.3 Å². The summed E-state index contributed by atoms with van der Waals surface area (Å²) in [5.41, 5.74) is 7.00. The summed E-state index contributed by atoms with van der Waals surface area (Å²) in [5, 5.41) is 2.68. The second-order valence-electron chi connectivity index (χ2n) is 3.24. The molecule has 0 aliphatic rings. The third-order valence-corrected chi connectivity index (χ3v) is 1.85. The molecule has 0 aliphatic carbocycles. The number of rotatable bonds is 4. The number of benzene rings is 1. The van der Waals surface area contributed by atoms with E-state index in [9.17, 15) is 4.79 Å². The summed E-state index contributed by atoms with van der Waals surface area (Å²) in [6.07, 6.45) is 1.69. The Hall–Kier alpha value is -1.75. The Kier molecular flexibility index (Phi) is 4.60. The number of nitrogens with two attached hydrogens (primary N) is 1. The van der Waals surface area contributed by atoms with Crippen LogP contribution < -0.4 is 11.1 Å². The minimum Gasteiger partial charge on any atom is -0.392 e. The van der Waals surface area contributed by atoms with E-state index >= 15 is 0 Å². The Morgan fingerprint density at radius 1 is 1.50 bits per heavy atom. The van der Waals surface area contributed by atoms with Crippen molar-refractivity contribution in [3.63, 3.8) is 0 Å². The molecule has 0 radical (unpaired) electrons. The first-order chi connectivity index (χ1) is 7.58. The minimum atomic E-state index is -0.0881. The molecule has 16 heavy (non-hydrogen) atoms. The number of amides is 1. The highest BCUT2D eigenvalue weighted by atomic mass is 32.1. The predicted octanol–water partition coefficient (Wildman–Crippen LogP) is 1.35. The number of nitrogens with one attached hydrogen (secondary N) is 1. The monoisotopic (exact) mass is 235 g/mol. The van der Waals surface area contributed by atoms with Crippen molar-refractivity contribution in [2.24, 2.45) is 10.7 Å². The van der Waals surface area contributed by atoms with Crippen LogP contribution >= 0.6 is 12.2 Å². The molecular weight excluding hydrogens is 222 g/mol. The summed E-state index contributed by atoms with van der Waals surface area (Å²) in [6, 6.07) is 7.33. The van der Waals surface area contributed by atoms with E-state index in [0.29, 0.717) is 11.5 Å². The van der Waals surface area contributed by atoms with Crippen molar-refractivity contribution in [3.8, 4) is 0 Å². The average molecular weight is 235 g/mol. The highest BCUT2D eigenvalue weighted by Gasteiger charge is 1.94. The van der Waals surface area contributed by atoms with Crippen LogP contribution in [0.3, 0.4) is 0 Å². The second kappa shape index (κ2) is 5.97. The Balaban J connectivity index is 2.60. The molecule has 1 aromatic carbocycles. The lowest BCUT2D eigenvalue weighted by molar-refractivity contribution is -0.114. The summed E-state index contributed by atoms with van der Waals surface area (Å²) < 4.78 is 0. The quantitative estimate of drug-likeness (QED) is 0.611. The maximum atomic E-state index is 10.8. The zero-order valence-corrected chi connectivity index (χ0v) is 9.75. The third-order valence-electron chi connectivity index (χ3n) is 1.72. The molecule has 3 N–H and O–H groups in total. The van der Waals surface area contributed by atoms with Gasteiger partial charge in [0.05, 0.1) is 11.5 Å². The molecule has 0 saturated carbocycles. The van der Waals surface area contributed by atoms with Gasteiger partial charge in [0.2, 0.25) is 5.91 Å². The van der Waals surface area contributed by atoms with E-state index in [1.54, 1.807) is 6.21 Å². The number of hydrogen-bond acceptors (Lipinski definition) is 3. The summed E-state index contributed by atoms with van der Waals surface area (Å²) in [6.45, 7) is 1.82. The minimum absolute atomic E-state index is 0.0881. The van der Waals surface area contributed by atoms with Crippen LogP contribution in [-0.2, 0) is 4.79 Å². The zero-order chi connectivity index (χ0) is 12.0. The van der Waals surface area contributed by atoms with Gasteiger partial charge in [-0.3, -0.25) is 9.79 Å². The molecule has 0 aromatic heterocycles. The maximum absolute atomic E-state index is 10.8. The summed E-state index contributed by atoms with van der Waals surface area (Å²) in [4.78, 5) is 15.2. The van der Waals surface area contributed by atoms with E-state index in [-0.39, 0.29) is 5.91 Å². The fourth-order valence-corrected chi connectivity index (χ4v) is 1.17. The van der Waals surface area contributed by atoms with Crippen molar-refractivity contribution in [1.82, 2.24) is 0 Å². The average Bonchev–Trinajstić information content (AvgIpc) is 2.19. The lowest BCUT2D eigenvalue weighted by Gasteiger charge is -2.01. The second-order valence-corrected chi connectivity index (χ2v) is 3.76. The number of thiocarbonyl (C=S) groups is 1. The highest BCUT2D eigenvalue weighted by Crippen LogP contribution is 2.07. The van der Waals surface area contributed by atoms with Crippen molar-refractivity contribution in [2.75, 3.05) is 11.9 Å². The van der Waals surface area contributed by atoms with Gasteiger partial charge in [-0.1, -0.05) is 24.4 Å². The van der Waals surface area contributed by atoms with Crippen LogP contribution in [-0.4, -0.2) is 23.7 Å². The lowest BCUT2D eigenvalue weighted by Crippen LogP contribution is -2.11. The van der Waals surface area contributed by atoms with Gasteiger partial charge in [-0.25, -0.2) is 0 Å². The largest absolute Gasteiger partial charge is 0.392 e. The van der Waals surface area contributed by atoms with Gasteiger partial charge in [-0.2, -0.15) is 0 Å². The molecule has 0 bridgehead atoms. The Morgan fingerprint density at radius 3 is 2.62 bits per heavy atom. The van der Waals surface area contributed by atoms with Crippen LogP contribution in [0.15, 0.2) is 29.3 Å². The number of carbonyl (C=O) groups excluding carboxylic acids is 1. The molecule has 1 aromatic rings. The molecule has 1 rings (SSSR count). The van der Waals surface area contributed by atoms with Crippen molar-refractivity contribution in [3.05, 3.63) is 29.8 Å². The zero-order valence-electron chi connectivity index (χ0n) is 8.93. The van der Waals surface area contributed by atoms with E-state index in [2.05, 4.69) is 10.3 Å². The summed E-state index contributed by atoms with van der Waals surface area (Å²) >= 11 is 4.70. The predicted molar refractivity (Wildman–Crippen MR) is 70.0 cm³/mol. The number of nitrogens with zero attached hydrogens (tertiary/aromatic N) is 1. The molecule has 0 saturated heterocycles. The number of hydrogen-bond donors (Lipinski definition) is 2. The fraction of sp³-hybridized carbons (Fsp3) is 0.182. The third kappa shape index (κ3) is 4.65. The lowest BCUT2D eigenvalue weighted by atomic mass is 10.2. The first kappa shape index (κ1) is 12.3. The highest BCUT2D eigenvalue weighted by molar-refractivity contribution is 7.80. The van der Waals surface area contributed by atoms with E-state index in [0.717, 1.165) is 11.3 Å². The van der Waals surface area contributed by atoms with Gasteiger partial charge < -0.3 is 11.1 Å². The van der Waals surface area contributed by atoms with Gasteiger partial charge in [0.1, 0.15) is 0 Å². The first-order valence-corrected chi connectivity index (χ1v) is 5.14. The fourth-order valence-electron chi connectivity index (χ4n) is 1.10. The number of anilines is 1. The molecule has 5 heteroatoms. The molecule has 0 heterocycles. The molecule has 0 unspecified atom stereocenters. The van der Waals surface area contributed by atoms with Crippen molar-refractivity contribution in [1.29, 1.82) is 0 Å². The van der Waals surface area contributed by atoms with Crippen molar-refractivity contribution >= 4 is 35.0 Å². The smallest absolute Gasteiger partial charge is 0.221 e. The van der Waals surface area contributed by atoms with Gasteiger partial charge in [-0.15, -0.1) is 0 Å². The molecule has 1 amide bonds. The van der Waals surface area contributed by atoms with Gasteiger partial charge in [0.15, 0.2) is 0 Å². The van der Waals surface area contributed by atoms with Crippen LogP contribution in [0.1, 0.15) is 12.5 Å². The standard InChI is InChI=1S/C11H13N3OS/c1-8(15)14-10-4-2-9(3-5-10)6-13-7-11(12)16/h2-6H,7H2,1H3,(H2,12,16)(H,14,15). The molecule has 0 spiro atoms. The van der Waals surface area contributed by atoms with Crippen LogP contribution in [0.5, 0.6) is 0 Å². The Bertz CT molecular complexity index is 412. The number of carbonyl (C=O) groups is 1.